The summed E-state index contributed by atoms with van der Waals surface area (Å²) in [5, 5.41) is 14.9. The summed E-state index contributed by atoms with van der Waals surface area (Å²) in [6.45, 7) is 1.68. The van der Waals surface area contributed by atoms with E-state index in [1.165, 1.54) is 44.6 Å². The molecule has 34 heavy (non-hydrogen) atoms. The first kappa shape index (κ1) is 24.5. The molecule has 12 heteroatoms. The largest absolute Gasteiger partial charge is 0.467 e. The van der Waals surface area contributed by atoms with Gasteiger partial charge in [0.25, 0.3) is 5.69 Å². The summed E-state index contributed by atoms with van der Waals surface area (Å²) < 4.78 is 37.3. The molecule has 1 heterocycles. The zero-order chi connectivity index (χ0) is 24.5. The number of non-ortho nitro benzene ring substituents is 1. The number of methoxy groups -OCH3 is 2. The Labute approximate surface area is 194 Å². The molecule has 180 valence electrons. The molecule has 12 nitrogen and oxygen atoms in total. The third kappa shape index (κ3) is 5.99. The van der Waals surface area contributed by atoms with Crippen molar-refractivity contribution in [2.75, 3.05) is 34.4 Å². The highest BCUT2D eigenvalue weighted by molar-refractivity contribution is 5.88. The quantitative estimate of drug-likeness (QED) is 0.161. The summed E-state index contributed by atoms with van der Waals surface area (Å²) in [4.78, 5) is 22.5. The third-order valence-corrected chi connectivity index (χ3v) is 4.23. The van der Waals surface area contributed by atoms with E-state index in [9.17, 15) is 14.9 Å². The Morgan fingerprint density at radius 3 is 2.32 bits per heavy atom. The lowest BCUT2D eigenvalue weighted by Gasteiger charge is -2.17. The average molecular weight is 474 g/mol. The van der Waals surface area contributed by atoms with Gasteiger partial charge >= 0.3 is 5.97 Å². The summed E-state index contributed by atoms with van der Waals surface area (Å²) in [5.74, 6) is 0.285. The molecule has 0 aliphatic heterocycles. The topological polar surface area (TPSA) is 142 Å². The molecule has 2 aromatic carbocycles. The maximum absolute atomic E-state index is 12.1. The summed E-state index contributed by atoms with van der Waals surface area (Å²) in [6, 6.07) is 9.98. The molecule has 3 aromatic rings. The number of ether oxygens (including phenoxy) is 6. The van der Waals surface area contributed by atoms with E-state index in [4.69, 9.17) is 32.9 Å². The molecular formula is C22H22N2O10. The van der Waals surface area contributed by atoms with E-state index in [2.05, 4.69) is 5.16 Å². The van der Waals surface area contributed by atoms with Crippen LogP contribution in [0.5, 0.6) is 23.0 Å². The van der Waals surface area contributed by atoms with E-state index < -0.39 is 10.9 Å². The van der Waals surface area contributed by atoms with Gasteiger partial charge in [0, 0.05) is 44.6 Å². The minimum absolute atomic E-state index is 0.0446. The van der Waals surface area contributed by atoms with Gasteiger partial charge in [0.1, 0.15) is 28.7 Å². The number of aromatic nitrogens is 1. The molecule has 0 bridgehead atoms. The molecular weight excluding hydrogens is 452 g/mol. The van der Waals surface area contributed by atoms with Crippen molar-refractivity contribution in [3.8, 4) is 34.3 Å². The first-order valence-electron chi connectivity index (χ1n) is 9.94. The second-order valence-corrected chi connectivity index (χ2v) is 6.55. The monoisotopic (exact) mass is 474 g/mol. The zero-order valence-corrected chi connectivity index (χ0v) is 18.6. The number of esters is 1. The smallest absolute Gasteiger partial charge is 0.377 e. The van der Waals surface area contributed by atoms with Crippen LogP contribution in [-0.4, -0.2) is 50.5 Å². The fourth-order valence-corrected chi connectivity index (χ4v) is 2.80. The highest BCUT2D eigenvalue weighted by atomic mass is 16.7. The van der Waals surface area contributed by atoms with Crippen molar-refractivity contribution < 1.29 is 42.7 Å². The van der Waals surface area contributed by atoms with Crippen LogP contribution in [0.4, 0.5) is 5.69 Å². The van der Waals surface area contributed by atoms with Gasteiger partial charge in [-0.2, -0.15) is 0 Å². The molecule has 0 saturated carbocycles. The van der Waals surface area contributed by atoms with Crippen molar-refractivity contribution in [1.82, 2.24) is 5.16 Å². The van der Waals surface area contributed by atoms with Crippen molar-refractivity contribution in [2.45, 2.75) is 6.92 Å². The molecule has 1 aromatic heterocycles. The van der Waals surface area contributed by atoms with E-state index in [1.54, 1.807) is 19.1 Å². The molecule has 0 saturated heterocycles. The number of benzene rings is 2. The summed E-state index contributed by atoms with van der Waals surface area (Å²) in [5.41, 5.74) is 0.438. The molecule has 0 aliphatic carbocycles. The van der Waals surface area contributed by atoms with Gasteiger partial charge in [-0.15, -0.1) is 0 Å². The number of hydrogen-bond acceptors (Lipinski definition) is 11. The van der Waals surface area contributed by atoms with Gasteiger partial charge in [0.05, 0.1) is 17.1 Å². The second-order valence-electron chi connectivity index (χ2n) is 6.55. The highest BCUT2D eigenvalue weighted by Crippen LogP contribution is 2.43. The average Bonchev–Trinajstić information content (AvgIpc) is 3.31. The maximum Gasteiger partial charge on any atom is 0.377 e. The SMILES string of the molecule is CCOC(=O)c1cc(-c2c(OCOC)cc(OCOC)cc2Oc2ccc([N+](=O)[O-])cc2)no1. The van der Waals surface area contributed by atoms with Crippen LogP contribution >= 0.6 is 0 Å². The van der Waals surface area contributed by atoms with Gasteiger partial charge in [-0.3, -0.25) is 10.1 Å². The molecule has 0 atom stereocenters. The van der Waals surface area contributed by atoms with Gasteiger partial charge in [0.15, 0.2) is 13.6 Å². The van der Waals surface area contributed by atoms with Crippen LogP contribution in [-0.2, 0) is 14.2 Å². The Morgan fingerprint density at radius 2 is 1.68 bits per heavy atom. The van der Waals surface area contributed by atoms with Crippen molar-refractivity contribution in [1.29, 1.82) is 0 Å². The fourth-order valence-electron chi connectivity index (χ4n) is 2.80. The van der Waals surface area contributed by atoms with Crippen LogP contribution in [0.3, 0.4) is 0 Å². The molecule has 0 N–H and O–H groups in total. The predicted octanol–water partition coefficient (Wildman–Crippen LogP) is 4.18. The van der Waals surface area contributed by atoms with Gasteiger partial charge in [-0.1, -0.05) is 5.16 Å². The molecule has 0 amide bonds. The van der Waals surface area contributed by atoms with E-state index in [1.807, 2.05) is 0 Å². The lowest BCUT2D eigenvalue weighted by atomic mass is 10.1. The lowest BCUT2D eigenvalue weighted by Crippen LogP contribution is -2.04. The first-order valence-corrected chi connectivity index (χ1v) is 9.94. The molecule has 0 unspecified atom stereocenters. The minimum atomic E-state index is -0.682. The number of nitrogens with zero attached hydrogens (tertiary/aromatic N) is 2. The molecule has 0 spiro atoms. The number of nitro benzene ring substituents is 1. The molecule has 0 fully saturated rings. The van der Waals surface area contributed by atoms with E-state index in [0.29, 0.717) is 17.1 Å². The zero-order valence-electron chi connectivity index (χ0n) is 18.6. The molecule has 3 rings (SSSR count). The Balaban J connectivity index is 2.09. The third-order valence-electron chi connectivity index (χ3n) is 4.23. The normalized spacial score (nSPS) is 10.6. The number of nitro groups is 1. The van der Waals surface area contributed by atoms with Gasteiger partial charge < -0.3 is 32.9 Å². The van der Waals surface area contributed by atoms with Crippen LogP contribution < -0.4 is 14.2 Å². The maximum atomic E-state index is 12.1. The summed E-state index contributed by atoms with van der Waals surface area (Å²) in [7, 11) is 2.92. The lowest BCUT2D eigenvalue weighted by molar-refractivity contribution is -0.384. The van der Waals surface area contributed by atoms with Crippen molar-refractivity contribution in [3.63, 3.8) is 0 Å². The fraction of sp³-hybridized carbons (Fsp3) is 0.273. The standard InChI is InChI=1S/C22H22N2O10/c1-4-30-22(25)20-11-17(23-34-20)21-18(32-13-29-3)9-16(31-12-28-2)10-19(21)33-15-7-5-14(6-8-15)24(26)27/h5-11H,4,12-13H2,1-3H3. The van der Waals surface area contributed by atoms with Crippen LogP contribution in [0.25, 0.3) is 11.3 Å². The predicted molar refractivity (Wildman–Crippen MR) is 116 cm³/mol. The summed E-state index contributed by atoms with van der Waals surface area (Å²) in [6.07, 6.45) is 0. The summed E-state index contributed by atoms with van der Waals surface area (Å²) >= 11 is 0. The van der Waals surface area contributed by atoms with E-state index in [0.717, 1.165) is 0 Å². The highest BCUT2D eigenvalue weighted by Gasteiger charge is 2.23. The molecule has 0 radical (unpaired) electrons. The Bertz CT molecular complexity index is 1130. The number of rotatable bonds is 12. The van der Waals surface area contributed by atoms with Gasteiger partial charge in [-0.25, -0.2) is 4.79 Å². The molecule has 0 aliphatic rings. The van der Waals surface area contributed by atoms with Crippen LogP contribution in [0.1, 0.15) is 17.5 Å². The van der Waals surface area contributed by atoms with Crippen LogP contribution in [0.15, 0.2) is 47.0 Å². The first-order chi connectivity index (χ1) is 16.5. The van der Waals surface area contributed by atoms with Crippen LogP contribution in [0.2, 0.25) is 0 Å². The Morgan fingerprint density at radius 1 is 1.00 bits per heavy atom. The van der Waals surface area contributed by atoms with E-state index >= 15 is 0 Å². The number of carbonyl (C=O) groups excluding carboxylic acids is 1. The van der Waals surface area contributed by atoms with E-state index in [-0.39, 0.29) is 48.8 Å². The van der Waals surface area contributed by atoms with Crippen LogP contribution in [0, 0.1) is 10.1 Å². The van der Waals surface area contributed by atoms with Crippen molar-refractivity contribution in [3.05, 3.63) is 58.3 Å². The van der Waals surface area contributed by atoms with Gasteiger partial charge in [0.2, 0.25) is 5.76 Å². The Kier molecular flexibility index (Phi) is 8.37. The number of hydrogen-bond donors (Lipinski definition) is 0. The van der Waals surface area contributed by atoms with Crippen molar-refractivity contribution in [2.24, 2.45) is 0 Å². The van der Waals surface area contributed by atoms with Gasteiger partial charge in [-0.05, 0) is 19.1 Å². The Hall–Kier alpha value is -4.16. The second kappa shape index (κ2) is 11.6. The van der Waals surface area contributed by atoms with Crippen molar-refractivity contribution >= 4 is 11.7 Å². The minimum Gasteiger partial charge on any atom is -0.467 e. The number of carbonyl (C=O) groups is 1.